The quantitative estimate of drug-likeness (QED) is 0.0967. The van der Waals surface area contributed by atoms with Crippen LogP contribution in [-0.2, 0) is 26.3 Å². The molecule has 15 heteroatoms. The van der Waals surface area contributed by atoms with E-state index in [1.165, 1.54) is 49.6 Å². The number of hydrogen-bond donors (Lipinski definition) is 6. The summed E-state index contributed by atoms with van der Waals surface area (Å²) in [5.74, 6) is -3.85. The van der Waals surface area contributed by atoms with Crippen LogP contribution in [-0.4, -0.2) is 67.0 Å². The molecule has 0 aromatic heterocycles. The molecule has 1 unspecified atom stereocenters. The smallest absolute Gasteiger partial charge is 0.343 e. The Balaban J connectivity index is 2.10. The Morgan fingerprint density at radius 3 is 2.28 bits per heavy atom. The number of nitrogens with two attached hydrogens (primary N) is 1. The maximum atomic E-state index is 12.5. The topological polar surface area (TPSA) is 221 Å². The van der Waals surface area contributed by atoms with Crippen molar-refractivity contribution in [3.8, 4) is 11.5 Å². The Morgan fingerprint density at radius 2 is 1.75 bits per heavy atom. The molecular weight excluding hydrogens is 498 g/mol. The lowest BCUT2D eigenvalue weighted by atomic mass is 10.2. The molecule has 0 saturated carbocycles. The maximum Gasteiger partial charge on any atom is 0.343 e. The SMILES string of the molecule is COc1cc(CNS(=O)(=O)N(C)C(CC(=O)O)C(=O)O)ccc1OC(=O)c1ccc(NC(=N)N)cc1. The normalized spacial score (nSPS) is 12.0. The number of esters is 1. The van der Waals surface area contributed by atoms with Crippen molar-refractivity contribution in [3.05, 3.63) is 53.6 Å². The van der Waals surface area contributed by atoms with E-state index in [1.54, 1.807) is 0 Å². The van der Waals surface area contributed by atoms with Gasteiger partial charge in [0.15, 0.2) is 17.5 Å². The van der Waals surface area contributed by atoms with Gasteiger partial charge in [0, 0.05) is 19.3 Å². The van der Waals surface area contributed by atoms with Gasteiger partial charge >= 0.3 is 17.9 Å². The summed E-state index contributed by atoms with van der Waals surface area (Å²) in [4.78, 5) is 34.6. The van der Waals surface area contributed by atoms with E-state index in [-0.39, 0.29) is 29.6 Å². The van der Waals surface area contributed by atoms with Crippen molar-refractivity contribution >= 4 is 39.8 Å². The number of ether oxygens (including phenoxy) is 2. The molecule has 14 nitrogen and oxygen atoms in total. The van der Waals surface area contributed by atoms with E-state index in [0.717, 1.165) is 7.05 Å². The van der Waals surface area contributed by atoms with Gasteiger partial charge in [-0.05, 0) is 42.0 Å². The van der Waals surface area contributed by atoms with E-state index in [0.29, 0.717) is 15.6 Å². The molecular formula is C21H25N5O9S. The summed E-state index contributed by atoms with van der Waals surface area (Å²) in [6.45, 7) is -0.290. The minimum atomic E-state index is -4.36. The molecule has 0 aliphatic rings. The third-order valence-electron chi connectivity index (χ3n) is 4.76. The van der Waals surface area contributed by atoms with Crippen LogP contribution in [0.5, 0.6) is 11.5 Å². The largest absolute Gasteiger partial charge is 0.493 e. The molecule has 0 spiro atoms. The number of rotatable bonds is 12. The van der Waals surface area contributed by atoms with Gasteiger partial charge in [-0.25, -0.2) is 4.79 Å². The first-order valence-corrected chi connectivity index (χ1v) is 11.6. The van der Waals surface area contributed by atoms with Crippen molar-refractivity contribution in [2.45, 2.75) is 19.0 Å². The highest BCUT2D eigenvalue weighted by molar-refractivity contribution is 7.87. The summed E-state index contributed by atoms with van der Waals surface area (Å²) in [6, 6.07) is 8.46. The van der Waals surface area contributed by atoms with Gasteiger partial charge in [0.25, 0.3) is 10.2 Å². The van der Waals surface area contributed by atoms with Gasteiger partial charge in [-0.2, -0.15) is 17.4 Å². The van der Waals surface area contributed by atoms with Gasteiger partial charge in [0.05, 0.1) is 19.1 Å². The number of carboxylic acids is 2. The molecule has 2 aromatic carbocycles. The van der Waals surface area contributed by atoms with Crippen molar-refractivity contribution in [2.24, 2.45) is 5.73 Å². The number of likely N-dealkylation sites (N-methyl/N-ethyl adjacent to an activating group) is 1. The van der Waals surface area contributed by atoms with E-state index < -0.39 is 40.6 Å². The molecule has 1 atom stereocenters. The van der Waals surface area contributed by atoms with Crippen molar-refractivity contribution in [3.63, 3.8) is 0 Å². The minimum absolute atomic E-state index is 0.0598. The van der Waals surface area contributed by atoms with E-state index in [4.69, 9.17) is 25.7 Å². The van der Waals surface area contributed by atoms with Gasteiger partial charge in [-0.15, -0.1) is 0 Å². The summed E-state index contributed by atoms with van der Waals surface area (Å²) in [6.07, 6.45) is -0.920. The third-order valence-corrected chi connectivity index (χ3v) is 6.28. The number of carboxylic acid groups (broad SMARTS) is 2. The number of anilines is 1. The fourth-order valence-electron chi connectivity index (χ4n) is 2.89. The zero-order chi connectivity index (χ0) is 27.0. The molecule has 0 bridgehead atoms. The first kappa shape index (κ1) is 28.0. The molecule has 2 aromatic rings. The lowest BCUT2D eigenvalue weighted by Gasteiger charge is -2.23. The number of hydrogen-bond acceptors (Lipinski definition) is 8. The molecule has 0 fully saturated rings. The van der Waals surface area contributed by atoms with Crippen LogP contribution < -0.4 is 25.2 Å². The van der Waals surface area contributed by atoms with Gasteiger partial charge in [-0.1, -0.05) is 6.07 Å². The van der Waals surface area contributed by atoms with Crippen LogP contribution >= 0.6 is 0 Å². The molecule has 36 heavy (non-hydrogen) atoms. The van der Waals surface area contributed by atoms with Crippen LogP contribution in [0.3, 0.4) is 0 Å². The number of benzene rings is 2. The van der Waals surface area contributed by atoms with Crippen LogP contribution in [0.1, 0.15) is 22.3 Å². The van der Waals surface area contributed by atoms with Crippen molar-refractivity contribution in [2.75, 3.05) is 19.5 Å². The van der Waals surface area contributed by atoms with E-state index >= 15 is 0 Å². The number of aliphatic carboxylic acids is 2. The van der Waals surface area contributed by atoms with E-state index in [1.807, 2.05) is 0 Å². The third kappa shape index (κ3) is 7.66. The molecule has 2 rings (SSSR count). The van der Waals surface area contributed by atoms with Gasteiger partial charge in [0.1, 0.15) is 6.04 Å². The Labute approximate surface area is 206 Å². The number of nitrogens with one attached hydrogen (secondary N) is 3. The van der Waals surface area contributed by atoms with Gasteiger partial charge in [0.2, 0.25) is 0 Å². The van der Waals surface area contributed by atoms with Crippen LogP contribution in [0.25, 0.3) is 0 Å². The Morgan fingerprint density at radius 1 is 1.11 bits per heavy atom. The summed E-state index contributed by atoms with van der Waals surface area (Å²) in [5.41, 5.74) is 6.35. The predicted molar refractivity (Wildman–Crippen MR) is 127 cm³/mol. The van der Waals surface area contributed by atoms with Crippen LogP contribution in [0.2, 0.25) is 0 Å². The fourth-order valence-corrected chi connectivity index (χ4v) is 3.94. The Hall–Kier alpha value is -4.21. The fraction of sp³-hybridized carbons (Fsp3) is 0.238. The second kappa shape index (κ2) is 12.0. The molecule has 194 valence electrons. The highest BCUT2D eigenvalue weighted by Gasteiger charge is 2.33. The number of carbonyl (C=O) groups excluding carboxylic acids is 1. The second-order valence-electron chi connectivity index (χ2n) is 7.29. The lowest BCUT2D eigenvalue weighted by molar-refractivity contribution is -0.147. The van der Waals surface area contributed by atoms with E-state index in [2.05, 4.69) is 10.0 Å². The van der Waals surface area contributed by atoms with Gasteiger partial charge < -0.3 is 30.7 Å². The standard InChI is InChI=1S/C21H25N5O9S/c1-26(15(19(29)30)10-18(27)28)36(32,33)24-11-12-3-8-16(17(9-12)34-2)35-20(31)13-4-6-14(7-5-13)25-21(22)23/h3-9,15,24H,10-11H2,1-2H3,(H,27,28)(H,29,30)(H4,22,23,25). The second-order valence-corrected chi connectivity index (χ2v) is 9.10. The summed E-state index contributed by atoms with van der Waals surface area (Å²) in [5, 5.41) is 27.8. The number of nitrogens with zero attached hydrogens (tertiary/aromatic N) is 1. The molecule has 0 amide bonds. The zero-order valence-corrected chi connectivity index (χ0v) is 20.0. The average Bonchev–Trinajstić information content (AvgIpc) is 2.81. The maximum absolute atomic E-state index is 12.5. The van der Waals surface area contributed by atoms with Crippen LogP contribution in [0, 0.1) is 5.41 Å². The van der Waals surface area contributed by atoms with Crippen molar-refractivity contribution in [1.82, 2.24) is 9.03 Å². The molecule has 7 N–H and O–H groups in total. The number of methoxy groups -OCH3 is 1. The van der Waals surface area contributed by atoms with Crippen molar-refractivity contribution in [1.29, 1.82) is 5.41 Å². The highest BCUT2D eigenvalue weighted by Crippen LogP contribution is 2.29. The zero-order valence-electron chi connectivity index (χ0n) is 19.2. The van der Waals surface area contributed by atoms with Crippen LogP contribution in [0.4, 0.5) is 5.69 Å². The number of guanidine groups is 1. The first-order valence-electron chi connectivity index (χ1n) is 10.1. The summed E-state index contributed by atoms with van der Waals surface area (Å²) < 4.78 is 38.1. The highest BCUT2D eigenvalue weighted by atomic mass is 32.2. The molecule has 0 aliphatic heterocycles. The van der Waals surface area contributed by atoms with E-state index in [9.17, 15) is 27.9 Å². The summed E-state index contributed by atoms with van der Waals surface area (Å²) in [7, 11) is -2.08. The molecule has 0 saturated heterocycles. The Kier molecular flexibility index (Phi) is 9.32. The average molecular weight is 524 g/mol. The lowest BCUT2D eigenvalue weighted by Crippen LogP contribution is -2.48. The first-order chi connectivity index (χ1) is 16.8. The minimum Gasteiger partial charge on any atom is -0.493 e. The molecule has 0 heterocycles. The monoisotopic (exact) mass is 523 g/mol. The summed E-state index contributed by atoms with van der Waals surface area (Å²) >= 11 is 0. The predicted octanol–water partition coefficient (Wildman–Crippen LogP) is 0.414. The molecule has 0 aliphatic carbocycles. The van der Waals surface area contributed by atoms with Crippen LogP contribution in [0.15, 0.2) is 42.5 Å². The Bertz CT molecular complexity index is 1250. The van der Waals surface area contributed by atoms with Gasteiger partial charge in [-0.3, -0.25) is 15.0 Å². The van der Waals surface area contributed by atoms with Crippen molar-refractivity contribution < 1.29 is 42.5 Å². The molecule has 0 radical (unpaired) electrons. The number of carbonyl (C=O) groups is 3.